The molecule has 5 heteroatoms. The molecule has 1 N–H and O–H groups in total. The van der Waals surface area contributed by atoms with Crippen LogP contribution in [0.15, 0.2) is 16.8 Å². The molecule has 0 aliphatic heterocycles. The zero-order chi connectivity index (χ0) is 8.81. The molecule has 0 radical (unpaired) electrons. The topological polar surface area (TPSA) is 55.1 Å². The molecule has 0 aromatic carbocycles. The molecule has 1 heterocycles. The molecule has 1 rings (SSSR count). The van der Waals surface area contributed by atoms with E-state index in [4.69, 9.17) is 4.52 Å². The number of nitrogens with one attached hydrogen (secondary N) is 1. The molecule has 1 aromatic heterocycles. The standard InChI is InChI=1S/C7H10N2O2S/c10-7(2-4-12)8-5-6-1-3-9-11-6/h1,3,12H,2,4-5H2,(H,8,10). The molecule has 1 amide bonds. The number of carbonyl (C=O) groups is 1. The predicted octanol–water partition coefficient (Wildman–Crippen LogP) is 0.611. The first-order valence-corrected chi connectivity index (χ1v) is 4.23. The molecule has 0 fully saturated rings. The molecule has 1 aromatic rings. The van der Waals surface area contributed by atoms with Crippen molar-refractivity contribution >= 4 is 18.5 Å². The highest BCUT2D eigenvalue weighted by Crippen LogP contribution is 1.95. The van der Waals surface area contributed by atoms with E-state index in [9.17, 15) is 4.79 Å². The van der Waals surface area contributed by atoms with Gasteiger partial charge in [0, 0.05) is 12.5 Å². The minimum absolute atomic E-state index is 0.0265. The van der Waals surface area contributed by atoms with Crippen LogP contribution < -0.4 is 5.32 Å². The summed E-state index contributed by atoms with van der Waals surface area (Å²) in [4.78, 5) is 10.9. The van der Waals surface area contributed by atoms with Gasteiger partial charge in [0.15, 0.2) is 5.76 Å². The number of amides is 1. The summed E-state index contributed by atoms with van der Waals surface area (Å²) in [6.07, 6.45) is 1.97. The molecule has 0 atom stereocenters. The SMILES string of the molecule is O=C(CCS)NCc1ccno1. The Labute approximate surface area is 75.7 Å². The zero-order valence-electron chi connectivity index (χ0n) is 6.49. The second-order valence-corrected chi connectivity index (χ2v) is 2.68. The van der Waals surface area contributed by atoms with Gasteiger partial charge in [-0.05, 0) is 5.75 Å². The van der Waals surface area contributed by atoms with E-state index in [2.05, 4.69) is 23.1 Å². The Balaban J connectivity index is 2.22. The van der Waals surface area contributed by atoms with Crippen LogP contribution in [-0.2, 0) is 11.3 Å². The van der Waals surface area contributed by atoms with Crippen LogP contribution >= 0.6 is 12.6 Å². The van der Waals surface area contributed by atoms with Gasteiger partial charge in [-0.1, -0.05) is 5.16 Å². The van der Waals surface area contributed by atoms with Crippen LogP contribution in [0, 0.1) is 0 Å². The van der Waals surface area contributed by atoms with Crippen LogP contribution in [0.25, 0.3) is 0 Å². The van der Waals surface area contributed by atoms with Crippen molar-refractivity contribution in [3.8, 4) is 0 Å². The van der Waals surface area contributed by atoms with Crippen molar-refractivity contribution in [1.29, 1.82) is 0 Å². The molecule has 4 nitrogen and oxygen atoms in total. The van der Waals surface area contributed by atoms with Gasteiger partial charge in [0.25, 0.3) is 0 Å². The molecule has 0 aliphatic carbocycles. The van der Waals surface area contributed by atoms with E-state index in [1.807, 2.05) is 0 Å². The Morgan fingerprint density at radius 3 is 3.17 bits per heavy atom. The van der Waals surface area contributed by atoms with E-state index in [0.717, 1.165) is 0 Å². The quantitative estimate of drug-likeness (QED) is 0.677. The van der Waals surface area contributed by atoms with Gasteiger partial charge in [-0.2, -0.15) is 12.6 Å². The minimum atomic E-state index is -0.0265. The summed E-state index contributed by atoms with van der Waals surface area (Å²) in [5, 5.41) is 6.17. The molecule has 0 bridgehead atoms. The molecular formula is C7H10N2O2S. The van der Waals surface area contributed by atoms with Crippen molar-refractivity contribution in [2.75, 3.05) is 5.75 Å². The molecule has 0 saturated carbocycles. The Morgan fingerprint density at radius 2 is 2.58 bits per heavy atom. The first kappa shape index (κ1) is 9.12. The minimum Gasteiger partial charge on any atom is -0.360 e. The molecule has 66 valence electrons. The lowest BCUT2D eigenvalue weighted by atomic mass is 10.4. The number of thiol groups is 1. The van der Waals surface area contributed by atoms with Gasteiger partial charge >= 0.3 is 0 Å². The average molecular weight is 186 g/mol. The number of aromatic nitrogens is 1. The van der Waals surface area contributed by atoms with Crippen molar-refractivity contribution in [2.45, 2.75) is 13.0 Å². The summed E-state index contributed by atoms with van der Waals surface area (Å²) in [7, 11) is 0. The molecule has 0 aliphatic rings. The lowest BCUT2D eigenvalue weighted by Gasteiger charge is -1.99. The largest absolute Gasteiger partial charge is 0.360 e. The number of hydrogen-bond donors (Lipinski definition) is 2. The van der Waals surface area contributed by atoms with Crippen molar-refractivity contribution < 1.29 is 9.32 Å². The van der Waals surface area contributed by atoms with Crippen LogP contribution in [0.5, 0.6) is 0 Å². The van der Waals surface area contributed by atoms with Crippen LogP contribution in [-0.4, -0.2) is 16.8 Å². The summed E-state index contributed by atoms with van der Waals surface area (Å²) in [6, 6.07) is 1.71. The first-order chi connectivity index (χ1) is 5.83. The fourth-order valence-corrected chi connectivity index (χ4v) is 0.912. The Morgan fingerprint density at radius 1 is 1.75 bits per heavy atom. The molecule has 12 heavy (non-hydrogen) atoms. The van der Waals surface area contributed by atoms with Crippen molar-refractivity contribution in [2.24, 2.45) is 0 Å². The van der Waals surface area contributed by atoms with E-state index < -0.39 is 0 Å². The third kappa shape index (κ3) is 2.96. The van der Waals surface area contributed by atoms with Crippen LogP contribution in [0.1, 0.15) is 12.2 Å². The van der Waals surface area contributed by atoms with Crippen LogP contribution in [0.2, 0.25) is 0 Å². The second-order valence-electron chi connectivity index (χ2n) is 2.23. The van der Waals surface area contributed by atoms with Gasteiger partial charge in [0.1, 0.15) is 0 Å². The monoisotopic (exact) mass is 186 g/mol. The maximum Gasteiger partial charge on any atom is 0.221 e. The Bertz CT molecular complexity index is 236. The fourth-order valence-electron chi connectivity index (χ4n) is 0.709. The first-order valence-electron chi connectivity index (χ1n) is 3.60. The van der Waals surface area contributed by atoms with Crippen LogP contribution in [0.3, 0.4) is 0 Å². The zero-order valence-corrected chi connectivity index (χ0v) is 7.38. The maximum absolute atomic E-state index is 10.9. The molecule has 0 saturated heterocycles. The average Bonchev–Trinajstić information content (AvgIpc) is 2.53. The van der Waals surface area contributed by atoms with E-state index in [1.54, 1.807) is 12.3 Å². The van der Waals surface area contributed by atoms with E-state index >= 15 is 0 Å². The lowest BCUT2D eigenvalue weighted by molar-refractivity contribution is -0.120. The summed E-state index contributed by atoms with van der Waals surface area (Å²) >= 11 is 3.93. The third-order valence-electron chi connectivity index (χ3n) is 1.29. The van der Waals surface area contributed by atoms with Gasteiger partial charge in [0.2, 0.25) is 5.91 Å². The number of carbonyl (C=O) groups excluding carboxylic acids is 1. The highest BCUT2D eigenvalue weighted by Gasteiger charge is 2.00. The Hall–Kier alpha value is -0.970. The van der Waals surface area contributed by atoms with Gasteiger partial charge in [0.05, 0.1) is 12.7 Å². The Kier molecular flexibility index (Phi) is 3.66. The second kappa shape index (κ2) is 4.82. The van der Waals surface area contributed by atoms with E-state index in [-0.39, 0.29) is 5.91 Å². The highest BCUT2D eigenvalue weighted by molar-refractivity contribution is 7.80. The van der Waals surface area contributed by atoms with Gasteiger partial charge in [-0.15, -0.1) is 0 Å². The maximum atomic E-state index is 10.9. The number of hydrogen-bond acceptors (Lipinski definition) is 4. The molecule has 0 unspecified atom stereocenters. The van der Waals surface area contributed by atoms with E-state index in [1.165, 1.54) is 0 Å². The molecular weight excluding hydrogens is 176 g/mol. The van der Waals surface area contributed by atoms with Crippen molar-refractivity contribution in [3.63, 3.8) is 0 Å². The van der Waals surface area contributed by atoms with Crippen molar-refractivity contribution in [1.82, 2.24) is 10.5 Å². The summed E-state index contributed by atoms with van der Waals surface area (Å²) in [5.41, 5.74) is 0. The van der Waals surface area contributed by atoms with Crippen LogP contribution in [0.4, 0.5) is 0 Å². The van der Waals surface area contributed by atoms with Crippen molar-refractivity contribution in [3.05, 3.63) is 18.0 Å². The highest BCUT2D eigenvalue weighted by atomic mass is 32.1. The summed E-state index contributed by atoms with van der Waals surface area (Å²) in [6.45, 7) is 0.395. The summed E-state index contributed by atoms with van der Waals surface area (Å²) in [5.74, 6) is 1.19. The van der Waals surface area contributed by atoms with Gasteiger partial charge < -0.3 is 9.84 Å². The normalized spacial score (nSPS) is 9.75. The number of rotatable bonds is 4. The summed E-state index contributed by atoms with van der Waals surface area (Å²) < 4.78 is 4.78. The van der Waals surface area contributed by atoms with E-state index in [0.29, 0.717) is 24.5 Å². The number of nitrogens with zero attached hydrogens (tertiary/aromatic N) is 1. The van der Waals surface area contributed by atoms with Gasteiger partial charge in [-0.3, -0.25) is 4.79 Å². The lowest BCUT2D eigenvalue weighted by Crippen LogP contribution is -2.22. The third-order valence-corrected chi connectivity index (χ3v) is 1.51. The fraction of sp³-hybridized carbons (Fsp3) is 0.429. The van der Waals surface area contributed by atoms with Gasteiger partial charge in [-0.25, -0.2) is 0 Å². The predicted molar refractivity (Wildman–Crippen MR) is 46.8 cm³/mol. The molecule has 0 spiro atoms. The smallest absolute Gasteiger partial charge is 0.221 e.